The Balaban J connectivity index is 1.54. The number of esters is 1. The average molecular weight is 541 g/mol. The molecule has 5 rings (SSSR count). The Kier molecular flexibility index (Phi) is 7.17. The minimum atomic E-state index is -0.291. The first-order chi connectivity index (χ1) is 18.2. The molecular formula is C34H56N2O3. The van der Waals surface area contributed by atoms with E-state index in [2.05, 4.69) is 59.9 Å². The number of ether oxygens (including phenoxy) is 1. The molecule has 0 aromatic rings. The van der Waals surface area contributed by atoms with E-state index in [0.29, 0.717) is 42.7 Å². The lowest BCUT2D eigenvalue weighted by Crippen LogP contribution is -2.66. The highest BCUT2D eigenvalue weighted by Crippen LogP contribution is 2.75. The van der Waals surface area contributed by atoms with Crippen molar-refractivity contribution in [1.29, 1.82) is 0 Å². The number of carbonyl (C=O) groups is 2. The van der Waals surface area contributed by atoms with Gasteiger partial charge in [0.25, 0.3) is 0 Å². The average Bonchev–Trinajstić information content (AvgIpc) is 2.86. The summed E-state index contributed by atoms with van der Waals surface area (Å²) in [6.07, 6.45) is 12.5. The normalized spacial score (nSPS) is 48.4. The van der Waals surface area contributed by atoms with E-state index in [0.717, 1.165) is 44.9 Å². The van der Waals surface area contributed by atoms with Crippen LogP contribution < -0.4 is 11.1 Å². The molecule has 0 saturated heterocycles. The highest BCUT2D eigenvalue weighted by atomic mass is 16.5. The van der Waals surface area contributed by atoms with E-state index in [4.69, 9.17) is 10.5 Å². The van der Waals surface area contributed by atoms with Crippen LogP contribution in [0.4, 0.5) is 0 Å². The highest BCUT2D eigenvalue weighted by Gasteiger charge is 2.69. The smallest absolute Gasteiger partial charge is 0.302 e. The van der Waals surface area contributed by atoms with Gasteiger partial charge >= 0.3 is 5.97 Å². The Morgan fingerprint density at radius 1 is 0.974 bits per heavy atom. The maximum Gasteiger partial charge on any atom is 0.302 e. The number of hydrogen-bond donors (Lipinski definition) is 2. The van der Waals surface area contributed by atoms with Crippen LogP contribution in [0.15, 0.2) is 11.6 Å². The molecule has 0 aromatic carbocycles. The molecule has 5 nitrogen and oxygen atoms in total. The third-order valence-electron chi connectivity index (χ3n) is 14.1. The largest absolute Gasteiger partial charge is 0.462 e. The molecule has 4 saturated carbocycles. The Morgan fingerprint density at radius 3 is 2.36 bits per heavy atom. The number of carbonyl (C=O) groups excluding carboxylic acids is 2. The zero-order chi connectivity index (χ0) is 28.6. The first kappa shape index (κ1) is 29.1. The minimum Gasteiger partial charge on any atom is -0.462 e. The number of nitrogens with two attached hydrogens (primary N) is 1. The molecule has 3 N–H and O–H groups in total. The van der Waals surface area contributed by atoms with Crippen LogP contribution in [-0.4, -0.2) is 31.1 Å². The van der Waals surface area contributed by atoms with Crippen molar-refractivity contribution < 1.29 is 14.3 Å². The summed E-state index contributed by atoms with van der Waals surface area (Å²) in [5, 5.41) is 3.24. The summed E-state index contributed by atoms with van der Waals surface area (Å²) in [5.41, 5.74) is 7.63. The Morgan fingerprint density at radius 2 is 1.69 bits per heavy atom. The molecule has 5 aliphatic carbocycles. The summed E-state index contributed by atoms with van der Waals surface area (Å²) < 4.78 is 5.91. The van der Waals surface area contributed by atoms with Crippen LogP contribution in [0.2, 0.25) is 0 Å². The van der Waals surface area contributed by atoms with Gasteiger partial charge in [-0.2, -0.15) is 0 Å². The number of fused-ring (bicyclic) bond motifs is 7. The quantitative estimate of drug-likeness (QED) is 0.309. The molecule has 0 spiro atoms. The number of rotatable bonds is 4. The van der Waals surface area contributed by atoms with Crippen LogP contribution in [0, 0.1) is 56.7 Å². The van der Waals surface area contributed by atoms with Gasteiger partial charge in [-0.3, -0.25) is 9.59 Å². The minimum absolute atomic E-state index is 0.00891. The molecule has 1 amide bonds. The molecular weight excluding hydrogens is 484 g/mol. The van der Waals surface area contributed by atoms with Crippen LogP contribution >= 0.6 is 0 Å². The van der Waals surface area contributed by atoms with Gasteiger partial charge in [-0.05, 0) is 104 Å². The second-order valence-corrected chi connectivity index (χ2v) is 15.8. The molecule has 220 valence electrons. The van der Waals surface area contributed by atoms with E-state index in [9.17, 15) is 9.59 Å². The summed E-state index contributed by atoms with van der Waals surface area (Å²) in [6, 6.07) is 0. The molecule has 0 aliphatic heterocycles. The molecule has 0 bridgehead atoms. The highest BCUT2D eigenvalue weighted by molar-refractivity contribution is 5.84. The third kappa shape index (κ3) is 3.94. The molecule has 0 heterocycles. The van der Waals surface area contributed by atoms with Crippen molar-refractivity contribution in [1.82, 2.24) is 5.32 Å². The second kappa shape index (κ2) is 9.60. The van der Waals surface area contributed by atoms with E-state index in [1.165, 1.54) is 12.8 Å². The number of amides is 1. The zero-order valence-electron chi connectivity index (χ0n) is 26.1. The van der Waals surface area contributed by atoms with Crippen LogP contribution in [0.25, 0.3) is 0 Å². The van der Waals surface area contributed by atoms with E-state index in [1.54, 1.807) is 12.5 Å². The lowest BCUT2D eigenvalue weighted by atomic mass is 9.33. The van der Waals surface area contributed by atoms with Gasteiger partial charge in [0, 0.05) is 25.4 Å². The first-order valence-corrected chi connectivity index (χ1v) is 16.0. The van der Waals surface area contributed by atoms with Crippen molar-refractivity contribution in [3.8, 4) is 0 Å². The predicted molar refractivity (Wildman–Crippen MR) is 157 cm³/mol. The lowest BCUT2D eigenvalue weighted by molar-refractivity contribution is -0.212. The van der Waals surface area contributed by atoms with Gasteiger partial charge in [-0.25, -0.2) is 0 Å². The monoisotopic (exact) mass is 540 g/mol. The summed E-state index contributed by atoms with van der Waals surface area (Å²) in [4.78, 5) is 25.8. The molecule has 4 fully saturated rings. The van der Waals surface area contributed by atoms with Gasteiger partial charge in [0.15, 0.2) is 0 Å². The second-order valence-electron chi connectivity index (χ2n) is 15.8. The number of hydrogen-bond acceptors (Lipinski definition) is 4. The van der Waals surface area contributed by atoms with Gasteiger partial charge in [0.1, 0.15) is 6.10 Å². The van der Waals surface area contributed by atoms with Gasteiger partial charge in [-0.15, -0.1) is 0 Å². The van der Waals surface area contributed by atoms with Crippen LogP contribution in [-0.2, 0) is 14.3 Å². The van der Waals surface area contributed by atoms with Gasteiger partial charge in [-0.1, -0.05) is 60.1 Å². The molecule has 0 aromatic heterocycles. The molecule has 5 heteroatoms. The SMILES string of the molecule is CC(=O)O[C@H]1CC[C@]2(C)[C@H]3CC=C4[C@@H]5[C@@H](C)[C@H](C)CC[C@]5(C(=O)NCCN)CC[C@@]4(C)[C@]3(C)CC[C@H]2C1(C)C. The molecule has 5 aliphatic rings. The molecule has 0 radical (unpaired) electrons. The topological polar surface area (TPSA) is 81.4 Å². The maximum atomic E-state index is 13.9. The molecule has 0 unspecified atom stereocenters. The van der Waals surface area contributed by atoms with E-state index in [1.807, 2.05) is 0 Å². The Bertz CT molecular complexity index is 1040. The Labute approximate surface area is 237 Å². The van der Waals surface area contributed by atoms with E-state index < -0.39 is 0 Å². The predicted octanol–water partition coefficient (Wildman–Crippen LogP) is 6.65. The van der Waals surface area contributed by atoms with E-state index in [-0.39, 0.29) is 45.1 Å². The molecule has 39 heavy (non-hydrogen) atoms. The summed E-state index contributed by atoms with van der Waals surface area (Å²) in [7, 11) is 0. The van der Waals surface area contributed by atoms with Crippen molar-refractivity contribution in [2.24, 2.45) is 62.4 Å². The summed E-state index contributed by atoms with van der Waals surface area (Å²) >= 11 is 0. The van der Waals surface area contributed by atoms with Crippen molar-refractivity contribution >= 4 is 11.9 Å². The number of nitrogens with one attached hydrogen (secondary N) is 1. The molecule has 10 atom stereocenters. The summed E-state index contributed by atoms with van der Waals surface area (Å²) in [5.74, 6) is 2.70. The third-order valence-corrected chi connectivity index (χ3v) is 14.1. The maximum absolute atomic E-state index is 13.9. The van der Waals surface area contributed by atoms with Crippen LogP contribution in [0.5, 0.6) is 0 Å². The van der Waals surface area contributed by atoms with Crippen molar-refractivity contribution in [2.45, 2.75) is 119 Å². The fraction of sp³-hybridized carbons (Fsp3) is 0.882. The van der Waals surface area contributed by atoms with Crippen molar-refractivity contribution in [2.75, 3.05) is 13.1 Å². The lowest BCUT2D eigenvalue weighted by Gasteiger charge is -2.71. The fourth-order valence-electron chi connectivity index (χ4n) is 11.6. The van der Waals surface area contributed by atoms with Crippen molar-refractivity contribution in [3.63, 3.8) is 0 Å². The van der Waals surface area contributed by atoms with Crippen LogP contribution in [0.3, 0.4) is 0 Å². The van der Waals surface area contributed by atoms with Gasteiger partial charge < -0.3 is 15.8 Å². The van der Waals surface area contributed by atoms with Gasteiger partial charge in [0.2, 0.25) is 5.91 Å². The zero-order valence-corrected chi connectivity index (χ0v) is 26.1. The standard InChI is InChI=1S/C34H56N2O3/c1-21-11-16-34(29(38)36-20-19-35)18-17-32(7)24(28(34)22(21)2)9-10-26-31(6)14-13-27(39-23(3)37)30(4,5)25(31)12-15-33(26,32)8/h9,21-22,25-28H,10-20,35H2,1-8H3,(H,36,38)/t21-,22+,25+,26-,27+,28+,31+,32-,33-,34+/m1/s1. The van der Waals surface area contributed by atoms with E-state index >= 15 is 0 Å². The van der Waals surface area contributed by atoms with Crippen molar-refractivity contribution in [3.05, 3.63) is 11.6 Å². The van der Waals surface area contributed by atoms with Crippen LogP contribution in [0.1, 0.15) is 113 Å². The fourth-order valence-corrected chi connectivity index (χ4v) is 11.6. The summed E-state index contributed by atoms with van der Waals surface area (Å²) in [6.45, 7) is 19.9. The van der Waals surface area contributed by atoms with Gasteiger partial charge in [0.05, 0.1) is 5.41 Å². The Hall–Kier alpha value is -1.36. The number of allylic oxidation sites excluding steroid dienone is 2. The first-order valence-electron chi connectivity index (χ1n) is 16.0.